The largest absolute Gasteiger partial charge is 0.326 e. The molecule has 2 aromatic rings. The molecule has 0 aromatic heterocycles. The fourth-order valence-corrected chi connectivity index (χ4v) is 2.91. The van der Waals surface area contributed by atoms with Crippen molar-refractivity contribution < 1.29 is 0 Å². The summed E-state index contributed by atoms with van der Waals surface area (Å²) in [6, 6.07) is 17.6. The molecule has 25 heavy (non-hydrogen) atoms. The molecule has 138 valence electrons. The molecule has 1 fully saturated rings. The molecule has 2 nitrogen and oxygen atoms in total. The molecule has 1 heterocycles. The van der Waals surface area contributed by atoms with E-state index in [1.807, 2.05) is 48.5 Å². The van der Waals surface area contributed by atoms with Crippen LogP contribution in [0.2, 0.25) is 10.0 Å². The Morgan fingerprint density at radius 2 is 1.56 bits per heavy atom. The summed E-state index contributed by atoms with van der Waals surface area (Å²) in [6.07, 6.45) is 4.08. The second-order valence-electron chi connectivity index (χ2n) is 6.13. The fraction of sp³-hybridized carbons (Fsp3) is 0.429. The molecule has 4 heteroatoms. The van der Waals surface area contributed by atoms with Gasteiger partial charge in [0.1, 0.15) is 0 Å². The van der Waals surface area contributed by atoms with E-state index < -0.39 is 0 Å². The normalized spacial score (nSPS) is 18.6. The van der Waals surface area contributed by atoms with Crippen LogP contribution in [-0.2, 0) is 0 Å². The average Bonchev–Trinajstić information content (AvgIpc) is 3.04. The van der Waals surface area contributed by atoms with E-state index in [1.54, 1.807) is 0 Å². The molecular formula is C21H30Cl2N2. The molecule has 1 aliphatic rings. The number of nitrogens with two attached hydrogens (primary N) is 1. The molecule has 0 saturated carbocycles. The topological polar surface area (TPSA) is 38.0 Å². The minimum atomic E-state index is 0.221. The van der Waals surface area contributed by atoms with Gasteiger partial charge < -0.3 is 11.1 Å². The van der Waals surface area contributed by atoms with E-state index in [0.29, 0.717) is 5.92 Å². The van der Waals surface area contributed by atoms with Crippen LogP contribution < -0.4 is 11.1 Å². The van der Waals surface area contributed by atoms with Crippen molar-refractivity contribution in [1.82, 2.24) is 5.32 Å². The molecule has 2 aromatic carbocycles. The van der Waals surface area contributed by atoms with Crippen LogP contribution in [-0.4, -0.2) is 19.1 Å². The minimum Gasteiger partial charge on any atom is -0.326 e. The van der Waals surface area contributed by atoms with Crippen LogP contribution in [0.5, 0.6) is 0 Å². The number of rotatable bonds is 3. The summed E-state index contributed by atoms with van der Waals surface area (Å²) in [7, 11) is 0. The van der Waals surface area contributed by atoms with Crippen LogP contribution in [0.15, 0.2) is 54.6 Å². The minimum absolute atomic E-state index is 0.221. The van der Waals surface area contributed by atoms with Crippen molar-refractivity contribution >= 4 is 23.2 Å². The third kappa shape index (κ3) is 9.27. The summed E-state index contributed by atoms with van der Waals surface area (Å²) in [6.45, 7) is 6.28. The molecule has 1 aliphatic heterocycles. The van der Waals surface area contributed by atoms with Gasteiger partial charge in [-0.25, -0.2) is 0 Å². The zero-order chi connectivity index (χ0) is 18.5. The van der Waals surface area contributed by atoms with Crippen molar-refractivity contribution in [3.05, 3.63) is 70.2 Å². The maximum absolute atomic E-state index is 5.96. The Labute approximate surface area is 162 Å². The van der Waals surface area contributed by atoms with E-state index in [1.165, 1.54) is 24.8 Å². The molecule has 0 bridgehead atoms. The summed E-state index contributed by atoms with van der Waals surface area (Å²) in [5, 5.41) is 4.85. The number of halogens is 2. The third-order valence-corrected chi connectivity index (χ3v) is 4.47. The molecule has 0 spiro atoms. The second kappa shape index (κ2) is 13.2. The van der Waals surface area contributed by atoms with Crippen LogP contribution in [0, 0.1) is 0 Å². The van der Waals surface area contributed by atoms with E-state index in [-0.39, 0.29) is 6.04 Å². The first-order chi connectivity index (χ1) is 12.1. The van der Waals surface area contributed by atoms with Crippen LogP contribution in [0.25, 0.3) is 0 Å². The Kier molecular flexibility index (Phi) is 11.6. The highest BCUT2D eigenvalue weighted by atomic mass is 35.5. The Bertz CT molecular complexity index is 573. The Hall–Kier alpha value is -1.06. The highest BCUT2D eigenvalue weighted by Crippen LogP contribution is 2.23. The molecule has 2 unspecified atom stereocenters. The zero-order valence-corrected chi connectivity index (χ0v) is 16.7. The zero-order valence-electron chi connectivity index (χ0n) is 15.2. The number of unbranched alkanes of at least 4 members (excludes halogenated alkanes) is 2. The highest BCUT2D eigenvalue weighted by Gasteiger charge is 2.24. The third-order valence-electron chi connectivity index (χ3n) is 3.98. The summed E-state index contributed by atoms with van der Waals surface area (Å²) < 4.78 is 0. The molecular weight excluding hydrogens is 351 g/mol. The number of hydrogen-bond acceptors (Lipinski definition) is 2. The van der Waals surface area contributed by atoms with Crippen molar-refractivity contribution in [2.24, 2.45) is 5.73 Å². The van der Waals surface area contributed by atoms with Gasteiger partial charge in [-0.2, -0.15) is 0 Å². The SMILES string of the molecule is CCCCC.Clc1ccccc1.NC1CNCC1c1cccc(Cl)c1. The number of benzene rings is 2. The van der Waals surface area contributed by atoms with Gasteiger partial charge in [-0.15, -0.1) is 0 Å². The second-order valence-corrected chi connectivity index (χ2v) is 7.01. The van der Waals surface area contributed by atoms with Crippen molar-refractivity contribution in [1.29, 1.82) is 0 Å². The first-order valence-electron chi connectivity index (χ1n) is 9.00. The lowest BCUT2D eigenvalue weighted by Crippen LogP contribution is -2.27. The van der Waals surface area contributed by atoms with E-state index in [2.05, 4.69) is 25.2 Å². The van der Waals surface area contributed by atoms with E-state index in [0.717, 1.165) is 23.1 Å². The van der Waals surface area contributed by atoms with Crippen LogP contribution in [0.1, 0.15) is 44.6 Å². The van der Waals surface area contributed by atoms with E-state index in [4.69, 9.17) is 28.9 Å². The smallest absolute Gasteiger partial charge is 0.0408 e. The van der Waals surface area contributed by atoms with Crippen molar-refractivity contribution in [2.45, 2.75) is 45.1 Å². The number of hydrogen-bond donors (Lipinski definition) is 2. The number of nitrogens with one attached hydrogen (secondary N) is 1. The predicted molar refractivity (Wildman–Crippen MR) is 112 cm³/mol. The van der Waals surface area contributed by atoms with Crippen LogP contribution >= 0.6 is 23.2 Å². The van der Waals surface area contributed by atoms with Gasteiger partial charge in [0.15, 0.2) is 0 Å². The van der Waals surface area contributed by atoms with Gasteiger partial charge in [0, 0.05) is 35.1 Å². The lowest BCUT2D eigenvalue weighted by molar-refractivity contribution is 0.653. The van der Waals surface area contributed by atoms with Gasteiger partial charge >= 0.3 is 0 Å². The quantitative estimate of drug-likeness (QED) is 0.696. The first-order valence-corrected chi connectivity index (χ1v) is 9.76. The average molecular weight is 381 g/mol. The molecule has 3 rings (SSSR count). The maximum Gasteiger partial charge on any atom is 0.0408 e. The van der Waals surface area contributed by atoms with Gasteiger partial charge in [-0.3, -0.25) is 0 Å². The highest BCUT2D eigenvalue weighted by molar-refractivity contribution is 6.30. The summed E-state index contributed by atoms with van der Waals surface area (Å²) in [4.78, 5) is 0. The fourth-order valence-electron chi connectivity index (χ4n) is 2.57. The van der Waals surface area contributed by atoms with Crippen LogP contribution in [0.3, 0.4) is 0 Å². The summed E-state index contributed by atoms with van der Waals surface area (Å²) in [5.41, 5.74) is 7.20. The van der Waals surface area contributed by atoms with Gasteiger partial charge in [0.05, 0.1) is 0 Å². The molecule has 0 aliphatic carbocycles. The van der Waals surface area contributed by atoms with Crippen molar-refractivity contribution in [3.63, 3.8) is 0 Å². The lowest BCUT2D eigenvalue weighted by Gasteiger charge is -2.14. The van der Waals surface area contributed by atoms with Crippen molar-refractivity contribution in [3.8, 4) is 0 Å². The maximum atomic E-state index is 5.96. The Balaban J connectivity index is 0.000000219. The van der Waals surface area contributed by atoms with Crippen molar-refractivity contribution in [2.75, 3.05) is 13.1 Å². The molecule has 1 saturated heterocycles. The van der Waals surface area contributed by atoms with E-state index >= 15 is 0 Å². The molecule has 2 atom stereocenters. The molecule has 0 radical (unpaired) electrons. The summed E-state index contributed by atoms with van der Waals surface area (Å²) in [5.74, 6) is 0.415. The Morgan fingerprint density at radius 3 is 1.96 bits per heavy atom. The first kappa shape index (κ1) is 22.0. The van der Waals surface area contributed by atoms with Gasteiger partial charge in [-0.1, -0.05) is 86.6 Å². The molecule has 0 amide bonds. The summed E-state index contributed by atoms with van der Waals surface area (Å²) >= 11 is 11.4. The van der Waals surface area contributed by atoms with Gasteiger partial charge in [0.2, 0.25) is 0 Å². The predicted octanol–water partition coefficient (Wildman–Crippen LogP) is 5.89. The lowest BCUT2D eigenvalue weighted by atomic mass is 9.95. The standard InChI is InChI=1S/C10H13ClN2.C6H5Cl.C5H12/c11-8-3-1-2-7(4-8)9-5-13-6-10(9)12;7-6-4-2-1-3-5-6;1-3-5-4-2/h1-4,9-10,13H,5-6,12H2;1-5H;3-5H2,1-2H3. The monoisotopic (exact) mass is 380 g/mol. The molecule has 3 N–H and O–H groups in total. The van der Waals surface area contributed by atoms with Gasteiger partial charge in [0.25, 0.3) is 0 Å². The Morgan fingerprint density at radius 1 is 0.920 bits per heavy atom. The van der Waals surface area contributed by atoms with Crippen LogP contribution in [0.4, 0.5) is 0 Å². The van der Waals surface area contributed by atoms with Gasteiger partial charge in [-0.05, 0) is 29.8 Å². The van der Waals surface area contributed by atoms with E-state index in [9.17, 15) is 0 Å².